The second-order valence-corrected chi connectivity index (χ2v) is 5.49. The standard InChI is InChI=1S/C14H18N4O3/c19-12(10-2-3-11(10)13(20)21)17-6-8-18(9-7-17)14-15-4-1-5-16-14/h1,4-5,10-11H,2-3,6-9H2,(H,20,21). The van der Waals surface area contributed by atoms with Gasteiger partial charge in [0.15, 0.2) is 0 Å². The van der Waals surface area contributed by atoms with E-state index in [1.54, 1.807) is 23.4 Å². The number of hydrogen-bond donors (Lipinski definition) is 1. The predicted octanol–water partition coefficient (Wildman–Crippen LogP) is 0.236. The van der Waals surface area contributed by atoms with Crippen molar-refractivity contribution in [3.8, 4) is 0 Å². The van der Waals surface area contributed by atoms with Crippen molar-refractivity contribution in [1.29, 1.82) is 0 Å². The monoisotopic (exact) mass is 290 g/mol. The van der Waals surface area contributed by atoms with Gasteiger partial charge in [0, 0.05) is 38.6 Å². The summed E-state index contributed by atoms with van der Waals surface area (Å²) in [6.45, 7) is 2.56. The minimum atomic E-state index is -0.851. The maximum absolute atomic E-state index is 12.4. The predicted molar refractivity (Wildman–Crippen MR) is 74.7 cm³/mol. The fraction of sp³-hybridized carbons (Fsp3) is 0.571. The number of carboxylic acid groups (broad SMARTS) is 1. The molecule has 2 aliphatic rings. The summed E-state index contributed by atoms with van der Waals surface area (Å²) in [7, 11) is 0. The van der Waals surface area contributed by atoms with Crippen molar-refractivity contribution in [2.45, 2.75) is 12.8 Å². The van der Waals surface area contributed by atoms with Crippen molar-refractivity contribution < 1.29 is 14.7 Å². The highest BCUT2D eigenvalue weighted by Crippen LogP contribution is 2.36. The van der Waals surface area contributed by atoms with E-state index in [-0.39, 0.29) is 11.8 Å². The van der Waals surface area contributed by atoms with Gasteiger partial charge in [-0.25, -0.2) is 9.97 Å². The molecular formula is C14H18N4O3. The highest BCUT2D eigenvalue weighted by atomic mass is 16.4. The van der Waals surface area contributed by atoms with Gasteiger partial charge in [0.05, 0.1) is 11.8 Å². The normalized spacial score (nSPS) is 25.3. The molecule has 1 aliphatic carbocycles. The average Bonchev–Trinajstić information content (AvgIpc) is 2.46. The van der Waals surface area contributed by atoms with E-state index in [4.69, 9.17) is 5.11 Å². The molecular weight excluding hydrogens is 272 g/mol. The summed E-state index contributed by atoms with van der Waals surface area (Å²) in [6, 6.07) is 1.77. The molecule has 1 saturated carbocycles. The number of carbonyl (C=O) groups is 2. The third kappa shape index (κ3) is 2.68. The third-order valence-corrected chi connectivity index (χ3v) is 4.34. The number of carboxylic acids is 1. The fourth-order valence-corrected chi connectivity index (χ4v) is 2.91. The molecule has 2 fully saturated rings. The van der Waals surface area contributed by atoms with Gasteiger partial charge in [0.1, 0.15) is 0 Å². The van der Waals surface area contributed by atoms with Gasteiger partial charge >= 0.3 is 5.97 Å². The van der Waals surface area contributed by atoms with Crippen LogP contribution < -0.4 is 4.90 Å². The number of carbonyl (C=O) groups excluding carboxylic acids is 1. The Morgan fingerprint density at radius 2 is 1.67 bits per heavy atom. The lowest BCUT2D eigenvalue weighted by molar-refractivity contribution is -0.156. The molecule has 0 radical (unpaired) electrons. The number of aliphatic carboxylic acids is 1. The zero-order valence-electron chi connectivity index (χ0n) is 11.7. The molecule has 2 heterocycles. The lowest BCUT2D eigenvalue weighted by Crippen LogP contribution is -2.53. The zero-order chi connectivity index (χ0) is 14.8. The quantitative estimate of drug-likeness (QED) is 0.858. The summed E-state index contributed by atoms with van der Waals surface area (Å²) in [5.74, 6) is -1.01. The molecule has 112 valence electrons. The van der Waals surface area contributed by atoms with Crippen molar-refractivity contribution in [2.24, 2.45) is 11.8 Å². The number of rotatable bonds is 3. The van der Waals surface area contributed by atoms with Crippen LogP contribution in [0.3, 0.4) is 0 Å². The Kier molecular flexibility index (Phi) is 3.72. The average molecular weight is 290 g/mol. The number of anilines is 1. The summed E-state index contributed by atoms with van der Waals surface area (Å²) in [6.07, 6.45) is 4.71. The van der Waals surface area contributed by atoms with Crippen LogP contribution in [-0.4, -0.2) is 58.0 Å². The molecule has 7 nitrogen and oxygen atoms in total. The van der Waals surface area contributed by atoms with Crippen LogP contribution in [0.5, 0.6) is 0 Å². The van der Waals surface area contributed by atoms with Crippen LogP contribution in [0, 0.1) is 11.8 Å². The van der Waals surface area contributed by atoms with Crippen LogP contribution >= 0.6 is 0 Å². The van der Waals surface area contributed by atoms with E-state index in [2.05, 4.69) is 9.97 Å². The summed E-state index contributed by atoms with van der Waals surface area (Å²) in [5, 5.41) is 9.05. The molecule has 1 amide bonds. The van der Waals surface area contributed by atoms with Gasteiger partial charge in [-0.1, -0.05) is 0 Å². The lowest BCUT2D eigenvalue weighted by atomic mass is 9.73. The van der Waals surface area contributed by atoms with Crippen molar-refractivity contribution in [2.75, 3.05) is 31.1 Å². The molecule has 1 aliphatic heterocycles. The summed E-state index contributed by atoms with van der Waals surface area (Å²) >= 11 is 0. The molecule has 1 saturated heterocycles. The van der Waals surface area contributed by atoms with Crippen LogP contribution in [0.4, 0.5) is 5.95 Å². The number of piperazine rings is 1. The first-order valence-electron chi connectivity index (χ1n) is 7.20. The summed E-state index contributed by atoms with van der Waals surface area (Å²) < 4.78 is 0. The molecule has 1 aromatic rings. The number of amides is 1. The number of aromatic nitrogens is 2. The van der Waals surface area contributed by atoms with E-state index in [0.29, 0.717) is 45.0 Å². The van der Waals surface area contributed by atoms with Gasteiger partial charge in [-0.3, -0.25) is 9.59 Å². The van der Waals surface area contributed by atoms with Gasteiger partial charge in [0.25, 0.3) is 0 Å². The Morgan fingerprint density at radius 1 is 1.05 bits per heavy atom. The van der Waals surface area contributed by atoms with Gasteiger partial charge < -0.3 is 14.9 Å². The minimum absolute atomic E-state index is 0.0118. The van der Waals surface area contributed by atoms with Crippen molar-refractivity contribution in [1.82, 2.24) is 14.9 Å². The fourth-order valence-electron chi connectivity index (χ4n) is 2.91. The van der Waals surface area contributed by atoms with E-state index in [1.165, 1.54) is 0 Å². The zero-order valence-corrected chi connectivity index (χ0v) is 11.7. The van der Waals surface area contributed by atoms with Crippen molar-refractivity contribution >= 4 is 17.8 Å². The second kappa shape index (κ2) is 5.67. The molecule has 2 unspecified atom stereocenters. The van der Waals surface area contributed by atoms with E-state index in [0.717, 1.165) is 0 Å². The maximum Gasteiger partial charge on any atom is 0.307 e. The molecule has 2 atom stereocenters. The van der Waals surface area contributed by atoms with E-state index in [9.17, 15) is 9.59 Å². The lowest BCUT2D eigenvalue weighted by Gasteiger charge is -2.40. The highest BCUT2D eigenvalue weighted by Gasteiger charge is 2.43. The van der Waals surface area contributed by atoms with E-state index < -0.39 is 11.9 Å². The summed E-state index contributed by atoms with van der Waals surface area (Å²) in [4.78, 5) is 35.6. The molecule has 3 rings (SSSR count). The van der Waals surface area contributed by atoms with E-state index in [1.807, 2.05) is 4.90 Å². The summed E-state index contributed by atoms with van der Waals surface area (Å²) in [5.41, 5.74) is 0. The molecule has 21 heavy (non-hydrogen) atoms. The van der Waals surface area contributed by atoms with E-state index >= 15 is 0 Å². The maximum atomic E-state index is 12.4. The third-order valence-electron chi connectivity index (χ3n) is 4.34. The van der Waals surface area contributed by atoms with Crippen molar-refractivity contribution in [3.63, 3.8) is 0 Å². The van der Waals surface area contributed by atoms with Gasteiger partial charge in [-0.05, 0) is 18.9 Å². The smallest absolute Gasteiger partial charge is 0.307 e. The number of hydrogen-bond acceptors (Lipinski definition) is 5. The van der Waals surface area contributed by atoms with Crippen LogP contribution in [0.25, 0.3) is 0 Å². The van der Waals surface area contributed by atoms with Crippen LogP contribution in [0.15, 0.2) is 18.5 Å². The Hall–Kier alpha value is -2.18. The molecule has 1 N–H and O–H groups in total. The highest BCUT2D eigenvalue weighted by molar-refractivity contribution is 5.86. The second-order valence-electron chi connectivity index (χ2n) is 5.49. The molecule has 1 aromatic heterocycles. The molecule has 0 bridgehead atoms. The molecule has 0 aromatic carbocycles. The van der Waals surface area contributed by atoms with Crippen LogP contribution in [0.2, 0.25) is 0 Å². The molecule has 0 spiro atoms. The van der Waals surface area contributed by atoms with Gasteiger partial charge in [0.2, 0.25) is 11.9 Å². The SMILES string of the molecule is O=C(O)C1CCC1C(=O)N1CCN(c2ncccn2)CC1. The molecule has 7 heteroatoms. The van der Waals surface area contributed by atoms with Crippen LogP contribution in [0.1, 0.15) is 12.8 Å². The Balaban J connectivity index is 1.56. The van der Waals surface area contributed by atoms with Crippen LogP contribution in [-0.2, 0) is 9.59 Å². The topological polar surface area (TPSA) is 86.6 Å². The Morgan fingerprint density at radius 3 is 2.19 bits per heavy atom. The first-order valence-corrected chi connectivity index (χ1v) is 7.20. The number of nitrogens with zero attached hydrogens (tertiary/aromatic N) is 4. The Labute approximate surface area is 122 Å². The van der Waals surface area contributed by atoms with Crippen molar-refractivity contribution in [3.05, 3.63) is 18.5 Å². The first kappa shape index (κ1) is 13.8. The first-order chi connectivity index (χ1) is 10.2. The van der Waals surface area contributed by atoms with Gasteiger partial charge in [-0.15, -0.1) is 0 Å². The minimum Gasteiger partial charge on any atom is -0.481 e. The van der Waals surface area contributed by atoms with Gasteiger partial charge in [-0.2, -0.15) is 0 Å². The largest absolute Gasteiger partial charge is 0.481 e. The Bertz CT molecular complexity index is 528.